The van der Waals surface area contributed by atoms with Crippen LogP contribution in [-0.2, 0) is 4.74 Å². The van der Waals surface area contributed by atoms with E-state index in [0.717, 1.165) is 11.1 Å². The number of nitrogens with zero attached hydrogens (tertiary/aromatic N) is 3. The van der Waals surface area contributed by atoms with Gasteiger partial charge < -0.3 is 20.9 Å². The number of nitrogens with two attached hydrogens (primary N) is 1. The van der Waals surface area contributed by atoms with Crippen molar-refractivity contribution >= 4 is 11.7 Å². The lowest BCUT2D eigenvalue weighted by molar-refractivity contribution is 0.0992. The molecular weight excluding hydrogens is 370 g/mol. The second-order valence-corrected chi connectivity index (χ2v) is 5.95. The second-order valence-electron chi connectivity index (χ2n) is 5.95. The highest BCUT2D eigenvalue weighted by atomic mass is 16.5. The van der Waals surface area contributed by atoms with Gasteiger partial charge in [0.2, 0.25) is 0 Å². The van der Waals surface area contributed by atoms with Crippen molar-refractivity contribution in [2.45, 2.75) is 0 Å². The van der Waals surface area contributed by atoms with E-state index >= 15 is 0 Å². The summed E-state index contributed by atoms with van der Waals surface area (Å²) in [5, 5.41) is 13.1. The number of hydrogen-bond acceptors (Lipinski definition) is 7. The number of aromatic hydroxyl groups is 1. The maximum Gasteiger partial charge on any atom is 0.271 e. The molecule has 0 unspecified atom stereocenters. The quantitative estimate of drug-likeness (QED) is 0.434. The van der Waals surface area contributed by atoms with Crippen LogP contribution >= 0.6 is 0 Å². The minimum Gasteiger partial charge on any atom is -0.503 e. The van der Waals surface area contributed by atoms with Crippen LogP contribution in [0.4, 0.5) is 5.82 Å². The minimum absolute atomic E-state index is 0.112. The van der Waals surface area contributed by atoms with E-state index in [1.165, 1.54) is 0 Å². The van der Waals surface area contributed by atoms with E-state index in [-0.39, 0.29) is 17.3 Å². The number of carbonyl (C=O) groups excluding carboxylic acids is 1. The molecule has 8 heteroatoms. The summed E-state index contributed by atoms with van der Waals surface area (Å²) in [5.41, 5.74) is 7.34. The Hall–Kier alpha value is -3.96. The van der Waals surface area contributed by atoms with Crippen molar-refractivity contribution in [3.05, 3.63) is 65.6 Å². The summed E-state index contributed by atoms with van der Waals surface area (Å²) in [6.45, 7) is 0.788. The van der Waals surface area contributed by atoms with Gasteiger partial charge in [-0.05, 0) is 36.4 Å². The van der Waals surface area contributed by atoms with Gasteiger partial charge in [0.25, 0.3) is 5.91 Å². The lowest BCUT2D eigenvalue weighted by Gasteiger charge is -2.11. The molecule has 0 atom stereocenters. The smallest absolute Gasteiger partial charge is 0.271 e. The molecule has 2 heterocycles. The lowest BCUT2D eigenvalue weighted by Crippen LogP contribution is -2.17. The van der Waals surface area contributed by atoms with Crippen LogP contribution in [0.5, 0.6) is 5.75 Å². The van der Waals surface area contributed by atoms with Crippen molar-refractivity contribution in [1.82, 2.24) is 15.0 Å². The van der Waals surface area contributed by atoms with Crippen molar-refractivity contribution in [2.24, 2.45) is 5.73 Å². The fourth-order valence-corrected chi connectivity index (χ4v) is 2.43. The van der Waals surface area contributed by atoms with Crippen LogP contribution in [0.15, 0.2) is 48.8 Å². The minimum atomic E-state index is -0.847. The van der Waals surface area contributed by atoms with Gasteiger partial charge in [-0.15, -0.1) is 0 Å². The molecule has 0 bridgehead atoms. The molecule has 146 valence electrons. The van der Waals surface area contributed by atoms with E-state index in [2.05, 4.69) is 32.1 Å². The molecule has 29 heavy (non-hydrogen) atoms. The standard InChI is InChI=1S/C21H19N5O3/c1-29-12-11-24-21-18(27)17(19(22)28)25-20(26-21)16-8-6-14(7-9-16)4-5-15-3-2-10-23-13-15/h2-3,6-10,13,27H,11-12H2,1H3,(H2,22,28)(H,24,25,26). The average Bonchev–Trinajstić information content (AvgIpc) is 2.74. The summed E-state index contributed by atoms with van der Waals surface area (Å²) in [6, 6.07) is 10.9. The number of anilines is 1. The van der Waals surface area contributed by atoms with E-state index in [1.807, 2.05) is 24.3 Å². The van der Waals surface area contributed by atoms with E-state index in [4.69, 9.17) is 10.5 Å². The van der Waals surface area contributed by atoms with Crippen molar-refractivity contribution in [1.29, 1.82) is 0 Å². The number of rotatable bonds is 6. The summed E-state index contributed by atoms with van der Waals surface area (Å²) in [5.74, 6) is 5.21. The first-order valence-corrected chi connectivity index (χ1v) is 8.74. The molecule has 1 amide bonds. The zero-order valence-electron chi connectivity index (χ0n) is 15.7. The van der Waals surface area contributed by atoms with Crippen LogP contribution < -0.4 is 11.1 Å². The number of aromatic nitrogens is 3. The van der Waals surface area contributed by atoms with Crippen LogP contribution in [0, 0.1) is 11.8 Å². The van der Waals surface area contributed by atoms with Crippen LogP contribution in [0.25, 0.3) is 11.4 Å². The molecule has 0 aliphatic heterocycles. The number of benzene rings is 1. The number of primary amides is 1. The van der Waals surface area contributed by atoms with Gasteiger partial charge in [-0.1, -0.05) is 11.8 Å². The average molecular weight is 389 g/mol. The molecule has 1 aromatic carbocycles. The van der Waals surface area contributed by atoms with Gasteiger partial charge in [-0.25, -0.2) is 9.97 Å². The first kappa shape index (κ1) is 19.8. The Morgan fingerprint density at radius 2 is 1.93 bits per heavy atom. The zero-order chi connectivity index (χ0) is 20.6. The summed E-state index contributed by atoms with van der Waals surface area (Å²) >= 11 is 0. The zero-order valence-corrected chi connectivity index (χ0v) is 15.7. The highest BCUT2D eigenvalue weighted by Gasteiger charge is 2.18. The normalized spacial score (nSPS) is 10.1. The monoisotopic (exact) mass is 389 g/mol. The number of amides is 1. The molecule has 4 N–H and O–H groups in total. The van der Waals surface area contributed by atoms with Crippen LogP contribution in [0.3, 0.4) is 0 Å². The summed E-state index contributed by atoms with van der Waals surface area (Å²) < 4.78 is 4.97. The molecule has 0 aliphatic rings. The maximum absolute atomic E-state index is 11.7. The fraction of sp³-hybridized carbons (Fsp3) is 0.143. The molecule has 0 saturated carbocycles. The van der Waals surface area contributed by atoms with Crippen molar-refractivity contribution in [3.8, 4) is 29.0 Å². The third-order valence-corrected chi connectivity index (χ3v) is 3.87. The van der Waals surface area contributed by atoms with E-state index < -0.39 is 11.7 Å². The van der Waals surface area contributed by atoms with Gasteiger partial charge in [0.1, 0.15) is 0 Å². The van der Waals surface area contributed by atoms with Gasteiger partial charge in [0.15, 0.2) is 23.1 Å². The maximum atomic E-state index is 11.7. The Bertz CT molecular complexity index is 1060. The first-order chi connectivity index (χ1) is 14.1. The van der Waals surface area contributed by atoms with Crippen LogP contribution in [0.2, 0.25) is 0 Å². The second kappa shape index (κ2) is 9.30. The first-order valence-electron chi connectivity index (χ1n) is 8.74. The molecular formula is C21H19N5O3. The van der Waals surface area contributed by atoms with Gasteiger partial charge in [0, 0.05) is 42.7 Å². The highest BCUT2D eigenvalue weighted by Crippen LogP contribution is 2.27. The molecule has 8 nitrogen and oxygen atoms in total. The predicted octanol–water partition coefficient (Wildman–Crippen LogP) is 1.80. The number of methoxy groups -OCH3 is 1. The molecule has 2 aromatic heterocycles. The van der Waals surface area contributed by atoms with Gasteiger partial charge in [-0.3, -0.25) is 9.78 Å². The Morgan fingerprint density at radius 1 is 1.17 bits per heavy atom. The summed E-state index contributed by atoms with van der Waals surface area (Å²) in [7, 11) is 1.56. The topological polar surface area (TPSA) is 123 Å². The lowest BCUT2D eigenvalue weighted by atomic mass is 10.1. The predicted molar refractivity (Wildman–Crippen MR) is 108 cm³/mol. The number of hydrogen-bond donors (Lipinski definition) is 3. The third-order valence-electron chi connectivity index (χ3n) is 3.87. The molecule has 0 aliphatic carbocycles. The van der Waals surface area contributed by atoms with E-state index in [0.29, 0.717) is 18.7 Å². The van der Waals surface area contributed by atoms with Gasteiger partial charge >= 0.3 is 0 Å². The van der Waals surface area contributed by atoms with E-state index in [1.54, 1.807) is 31.6 Å². The molecule has 3 aromatic rings. The molecule has 0 saturated heterocycles. The van der Waals surface area contributed by atoms with Crippen molar-refractivity contribution in [2.75, 3.05) is 25.6 Å². The largest absolute Gasteiger partial charge is 0.503 e. The Labute approximate surface area is 167 Å². The summed E-state index contributed by atoms with van der Waals surface area (Å²) in [6.07, 6.45) is 3.38. The highest BCUT2D eigenvalue weighted by molar-refractivity contribution is 5.95. The van der Waals surface area contributed by atoms with Crippen molar-refractivity contribution < 1.29 is 14.6 Å². The van der Waals surface area contributed by atoms with Gasteiger partial charge in [-0.2, -0.15) is 0 Å². The molecule has 0 spiro atoms. The van der Waals surface area contributed by atoms with Crippen LogP contribution in [-0.4, -0.2) is 46.2 Å². The van der Waals surface area contributed by atoms with E-state index in [9.17, 15) is 9.90 Å². The van der Waals surface area contributed by atoms with Crippen LogP contribution in [0.1, 0.15) is 21.6 Å². The third kappa shape index (κ3) is 5.06. The number of nitrogens with one attached hydrogen (secondary N) is 1. The Kier molecular flexibility index (Phi) is 6.35. The number of pyridine rings is 1. The van der Waals surface area contributed by atoms with Crippen molar-refractivity contribution in [3.63, 3.8) is 0 Å². The van der Waals surface area contributed by atoms with Gasteiger partial charge in [0.05, 0.1) is 6.61 Å². The fourth-order valence-electron chi connectivity index (χ4n) is 2.43. The Balaban J connectivity index is 1.89. The Morgan fingerprint density at radius 3 is 2.59 bits per heavy atom. The molecule has 0 fully saturated rings. The number of carbonyl (C=O) groups is 1. The SMILES string of the molecule is COCCNc1nc(-c2ccc(C#Cc3cccnc3)cc2)nc(C(N)=O)c1O. The number of ether oxygens (including phenoxy) is 1. The summed E-state index contributed by atoms with van der Waals surface area (Å²) in [4.78, 5) is 24.1. The molecule has 3 rings (SSSR count). The molecule has 0 radical (unpaired) electrons.